The Kier molecular flexibility index (Phi) is 12.5. The summed E-state index contributed by atoms with van der Waals surface area (Å²) in [5, 5.41) is 1.13. The van der Waals surface area contributed by atoms with Crippen molar-refractivity contribution < 1.29 is 9.53 Å². The lowest BCUT2D eigenvalue weighted by Crippen LogP contribution is -1.93. The second-order valence-electron chi connectivity index (χ2n) is 3.88. The first kappa shape index (κ1) is 15.7. The molecular formula is C13H23BrO2. The number of esters is 1. The van der Waals surface area contributed by atoms with Crippen molar-refractivity contribution in [3.63, 3.8) is 0 Å². The molecule has 0 heterocycles. The van der Waals surface area contributed by atoms with Gasteiger partial charge in [-0.15, -0.1) is 0 Å². The zero-order valence-corrected chi connectivity index (χ0v) is 11.8. The highest BCUT2D eigenvalue weighted by Gasteiger charge is 1.92. The number of carbonyl (C=O) groups excluding carboxylic acids is 1. The SMILES string of the molecule is COC(=O)C=CCCCCCCCCCBr. The maximum atomic E-state index is 10.7. The summed E-state index contributed by atoms with van der Waals surface area (Å²) in [6, 6.07) is 0. The summed E-state index contributed by atoms with van der Waals surface area (Å²) >= 11 is 3.43. The molecule has 0 amide bonds. The molecule has 0 aromatic heterocycles. The molecule has 0 atom stereocenters. The molecule has 0 fully saturated rings. The Labute approximate surface area is 108 Å². The Morgan fingerprint density at radius 2 is 1.62 bits per heavy atom. The van der Waals surface area contributed by atoms with Crippen LogP contribution in [0.1, 0.15) is 51.4 Å². The summed E-state index contributed by atoms with van der Waals surface area (Å²) in [6.45, 7) is 0. The van der Waals surface area contributed by atoms with E-state index in [1.165, 1.54) is 58.1 Å². The van der Waals surface area contributed by atoms with Crippen molar-refractivity contribution in [2.45, 2.75) is 51.4 Å². The molecule has 3 heteroatoms. The van der Waals surface area contributed by atoms with Crippen molar-refractivity contribution in [2.24, 2.45) is 0 Å². The molecule has 0 aliphatic carbocycles. The first-order valence-corrected chi connectivity index (χ1v) is 7.24. The summed E-state index contributed by atoms with van der Waals surface area (Å²) in [7, 11) is 1.40. The Balaban J connectivity index is 3.09. The quantitative estimate of drug-likeness (QED) is 0.260. The van der Waals surface area contributed by atoms with Gasteiger partial charge in [0, 0.05) is 11.4 Å². The van der Waals surface area contributed by atoms with Gasteiger partial charge in [0.2, 0.25) is 0 Å². The molecule has 0 unspecified atom stereocenters. The highest BCUT2D eigenvalue weighted by atomic mass is 79.9. The predicted octanol–water partition coefficient (Wildman–Crippen LogP) is 4.23. The van der Waals surface area contributed by atoms with Gasteiger partial charge in [0.1, 0.15) is 0 Å². The van der Waals surface area contributed by atoms with E-state index in [1.807, 2.05) is 6.08 Å². The van der Waals surface area contributed by atoms with Crippen LogP contribution < -0.4 is 0 Å². The minimum absolute atomic E-state index is 0.255. The largest absolute Gasteiger partial charge is 0.466 e. The van der Waals surface area contributed by atoms with E-state index in [9.17, 15) is 4.79 Å². The smallest absolute Gasteiger partial charge is 0.330 e. The van der Waals surface area contributed by atoms with Crippen LogP contribution in [0, 0.1) is 0 Å². The number of hydrogen-bond donors (Lipinski definition) is 0. The highest BCUT2D eigenvalue weighted by molar-refractivity contribution is 9.09. The maximum Gasteiger partial charge on any atom is 0.330 e. The third-order valence-electron chi connectivity index (χ3n) is 2.46. The number of carbonyl (C=O) groups is 1. The Hall–Kier alpha value is -0.310. The van der Waals surface area contributed by atoms with Crippen LogP contribution in [0.25, 0.3) is 0 Å². The van der Waals surface area contributed by atoms with Crippen LogP contribution >= 0.6 is 15.9 Å². The number of alkyl halides is 1. The molecule has 0 N–H and O–H groups in total. The van der Waals surface area contributed by atoms with Gasteiger partial charge in [-0.2, -0.15) is 0 Å². The number of rotatable bonds is 10. The highest BCUT2D eigenvalue weighted by Crippen LogP contribution is 2.09. The van der Waals surface area contributed by atoms with Crippen LogP contribution in [-0.4, -0.2) is 18.4 Å². The average molecular weight is 291 g/mol. The fourth-order valence-electron chi connectivity index (χ4n) is 1.49. The topological polar surface area (TPSA) is 26.3 Å². The lowest BCUT2D eigenvalue weighted by Gasteiger charge is -1.99. The number of methoxy groups -OCH3 is 1. The summed E-state index contributed by atoms with van der Waals surface area (Å²) < 4.78 is 4.50. The van der Waals surface area contributed by atoms with Crippen molar-refractivity contribution >= 4 is 21.9 Å². The Morgan fingerprint density at radius 3 is 2.19 bits per heavy atom. The minimum Gasteiger partial charge on any atom is -0.466 e. The predicted molar refractivity (Wildman–Crippen MR) is 71.9 cm³/mol. The van der Waals surface area contributed by atoms with Gasteiger partial charge < -0.3 is 4.74 Å². The van der Waals surface area contributed by atoms with E-state index in [2.05, 4.69) is 20.7 Å². The summed E-state index contributed by atoms with van der Waals surface area (Å²) in [4.78, 5) is 10.7. The van der Waals surface area contributed by atoms with Crippen LogP contribution in [-0.2, 0) is 9.53 Å². The maximum absolute atomic E-state index is 10.7. The van der Waals surface area contributed by atoms with E-state index >= 15 is 0 Å². The molecule has 0 saturated carbocycles. The average Bonchev–Trinajstić information content (AvgIpc) is 2.31. The van der Waals surface area contributed by atoms with Crippen LogP contribution in [0.2, 0.25) is 0 Å². The van der Waals surface area contributed by atoms with Gasteiger partial charge in [0.05, 0.1) is 7.11 Å². The third kappa shape index (κ3) is 11.8. The summed E-state index contributed by atoms with van der Waals surface area (Å²) in [5.41, 5.74) is 0. The molecule has 0 aromatic rings. The van der Waals surface area contributed by atoms with Crippen LogP contribution in [0.15, 0.2) is 12.2 Å². The Morgan fingerprint density at radius 1 is 1.06 bits per heavy atom. The molecule has 0 radical (unpaired) electrons. The molecule has 0 rings (SSSR count). The zero-order valence-electron chi connectivity index (χ0n) is 10.2. The first-order valence-electron chi connectivity index (χ1n) is 6.11. The van der Waals surface area contributed by atoms with Crippen molar-refractivity contribution in [1.29, 1.82) is 0 Å². The second kappa shape index (κ2) is 12.8. The normalized spacial score (nSPS) is 10.9. The fourth-order valence-corrected chi connectivity index (χ4v) is 1.88. The molecular weight excluding hydrogens is 268 g/mol. The van der Waals surface area contributed by atoms with Gasteiger partial charge in [0.25, 0.3) is 0 Å². The number of allylic oxidation sites excluding steroid dienone is 1. The first-order chi connectivity index (χ1) is 7.81. The lowest BCUT2D eigenvalue weighted by molar-refractivity contribution is -0.134. The van der Waals surface area contributed by atoms with Crippen LogP contribution in [0.3, 0.4) is 0 Å². The number of unbranched alkanes of at least 4 members (excludes halogenated alkanes) is 7. The zero-order chi connectivity index (χ0) is 12.1. The van der Waals surface area contributed by atoms with Gasteiger partial charge in [-0.1, -0.05) is 54.1 Å². The van der Waals surface area contributed by atoms with Crippen LogP contribution in [0.4, 0.5) is 0 Å². The molecule has 0 bridgehead atoms. The van der Waals surface area contributed by atoms with Gasteiger partial charge in [-0.25, -0.2) is 4.79 Å². The van der Waals surface area contributed by atoms with Gasteiger partial charge in [-0.3, -0.25) is 0 Å². The minimum atomic E-state index is -0.255. The van der Waals surface area contributed by atoms with E-state index in [0.29, 0.717) is 0 Å². The van der Waals surface area contributed by atoms with Gasteiger partial charge in [-0.05, 0) is 19.3 Å². The monoisotopic (exact) mass is 290 g/mol. The summed E-state index contributed by atoms with van der Waals surface area (Å²) in [6.07, 6.45) is 13.5. The van der Waals surface area contributed by atoms with Crippen molar-refractivity contribution in [3.8, 4) is 0 Å². The fraction of sp³-hybridized carbons (Fsp3) is 0.769. The Bertz CT molecular complexity index is 190. The van der Waals surface area contributed by atoms with Crippen LogP contribution in [0.5, 0.6) is 0 Å². The van der Waals surface area contributed by atoms with Gasteiger partial charge >= 0.3 is 5.97 Å². The molecule has 0 aliphatic rings. The van der Waals surface area contributed by atoms with Gasteiger partial charge in [0.15, 0.2) is 0 Å². The molecule has 2 nitrogen and oxygen atoms in total. The number of ether oxygens (including phenoxy) is 1. The van der Waals surface area contributed by atoms with Crippen molar-refractivity contribution in [2.75, 3.05) is 12.4 Å². The molecule has 16 heavy (non-hydrogen) atoms. The molecule has 94 valence electrons. The number of halogens is 1. The summed E-state index contributed by atoms with van der Waals surface area (Å²) in [5.74, 6) is -0.255. The van der Waals surface area contributed by atoms with E-state index in [1.54, 1.807) is 0 Å². The molecule has 0 aliphatic heterocycles. The number of hydrogen-bond acceptors (Lipinski definition) is 2. The van der Waals surface area contributed by atoms with E-state index < -0.39 is 0 Å². The molecule has 0 aromatic carbocycles. The lowest BCUT2D eigenvalue weighted by atomic mass is 10.1. The molecule has 0 spiro atoms. The third-order valence-corrected chi connectivity index (χ3v) is 3.02. The van der Waals surface area contributed by atoms with Crippen molar-refractivity contribution in [1.82, 2.24) is 0 Å². The standard InChI is InChI=1S/C13H23BrO2/c1-16-13(15)11-9-7-5-3-2-4-6-8-10-12-14/h9,11H,2-8,10,12H2,1H3. The van der Waals surface area contributed by atoms with E-state index in [4.69, 9.17) is 0 Å². The van der Waals surface area contributed by atoms with E-state index in [-0.39, 0.29) is 5.97 Å². The van der Waals surface area contributed by atoms with E-state index in [0.717, 1.165) is 11.8 Å². The second-order valence-corrected chi connectivity index (χ2v) is 4.67. The van der Waals surface area contributed by atoms with Crippen molar-refractivity contribution in [3.05, 3.63) is 12.2 Å². The molecule has 0 saturated heterocycles.